The first-order chi connectivity index (χ1) is 11.0. The average Bonchev–Trinajstić information content (AvgIpc) is 3.05. The fourth-order valence-corrected chi connectivity index (χ4v) is 2.40. The second-order valence-electron chi connectivity index (χ2n) is 4.98. The quantitative estimate of drug-likeness (QED) is 0.897. The monoisotopic (exact) mass is 326 g/mol. The van der Waals surface area contributed by atoms with E-state index in [9.17, 15) is 18.0 Å². The van der Waals surface area contributed by atoms with Crippen molar-refractivity contribution in [2.24, 2.45) is 0 Å². The third kappa shape index (κ3) is 3.10. The van der Waals surface area contributed by atoms with Gasteiger partial charge in [-0.2, -0.15) is 18.3 Å². The number of carbonyl (C=O) groups is 1. The summed E-state index contributed by atoms with van der Waals surface area (Å²) in [5, 5.41) is 5.19. The third-order valence-electron chi connectivity index (χ3n) is 3.56. The second kappa shape index (κ2) is 5.86. The van der Waals surface area contributed by atoms with Crippen LogP contribution in [0.2, 0.25) is 0 Å². The van der Waals surface area contributed by atoms with Gasteiger partial charge in [0.05, 0.1) is 11.8 Å². The molecule has 2 aromatic rings. The zero-order valence-corrected chi connectivity index (χ0v) is 11.9. The van der Waals surface area contributed by atoms with Gasteiger partial charge in [-0.15, -0.1) is 0 Å². The van der Waals surface area contributed by atoms with Gasteiger partial charge < -0.3 is 9.80 Å². The summed E-state index contributed by atoms with van der Waals surface area (Å²) in [6, 6.07) is 1.70. The van der Waals surface area contributed by atoms with Crippen molar-refractivity contribution in [3.8, 4) is 0 Å². The Morgan fingerprint density at radius 1 is 1.13 bits per heavy atom. The summed E-state index contributed by atoms with van der Waals surface area (Å²) >= 11 is 0. The van der Waals surface area contributed by atoms with Gasteiger partial charge in [-0.05, 0) is 6.07 Å². The van der Waals surface area contributed by atoms with Crippen molar-refractivity contribution in [3.05, 3.63) is 35.9 Å². The molecule has 0 aromatic carbocycles. The van der Waals surface area contributed by atoms with Crippen LogP contribution < -0.4 is 4.90 Å². The van der Waals surface area contributed by atoms with Gasteiger partial charge in [0.1, 0.15) is 0 Å². The first-order valence-electron chi connectivity index (χ1n) is 6.88. The molecule has 122 valence electrons. The molecule has 1 saturated heterocycles. The van der Waals surface area contributed by atoms with Gasteiger partial charge in [0.2, 0.25) is 5.95 Å². The van der Waals surface area contributed by atoms with Crippen LogP contribution in [-0.2, 0) is 6.18 Å². The van der Waals surface area contributed by atoms with Crippen LogP contribution in [0.4, 0.5) is 19.1 Å². The molecule has 0 radical (unpaired) electrons. The number of hydrogen-bond donors (Lipinski definition) is 1. The molecular formula is C13H13F3N6O. The number of alkyl halides is 3. The van der Waals surface area contributed by atoms with Crippen LogP contribution in [0.5, 0.6) is 0 Å². The molecule has 1 aliphatic heterocycles. The second-order valence-corrected chi connectivity index (χ2v) is 4.98. The highest BCUT2D eigenvalue weighted by molar-refractivity contribution is 5.95. The van der Waals surface area contributed by atoms with Crippen molar-refractivity contribution >= 4 is 11.9 Å². The number of amides is 1. The Kier molecular flexibility index (Phi) is 3.89. The maximum Gasteiger partial charge on any atom is 0.433 e. The van der Waals surface area contributed by atoms with E-state index in [1.807, 2.05) is 10.00 Å². The number of piperazine rings is 1. The number of anilines is 1. The standard InChI is InChI=1S/C13H13F3N6O/c14-13(15,16)10-9(8-19-20-10)11(23)21-4-6-22(7-5-21)12-17-2-1-3-18-12/h1-3,8H,4-7H2,(H,19,20). The smallest absolute Gasteiger partial charge is 0.337 e. The minimum Gasteiger partial charge on any atom is -0.337 e. The van der Waals surface area contributed by atoms with E-state index in [4.69, 9.17) is 0 Å². The van der Waals surface area contributed by atoms with Crippen LogP contribution in [0.1, 0.15) is 16.1 Å². The van der Waals surface area contributed by atoms with Crippen LogP contribution >= 0.6 is 0 Å². The molecule has 2 aromatic heterocycles. The number of nitrogens with zero attached hydrogens (tertiary/aromatic N) is 5. The lowest BCUT2D eigenvalue weighted by Crippen LogP contribution is -2.49. The molecule has 3 heterocycles. The summed E-state index contributed by atoms with van der Waals surface area (Å²) in [5.41, 5.74) is -1.57. The Hall–Kier alpha value is -2.65. The van der Waals surface area contributed by atoms with Gasteiger partial charge in [0.25, 0.3) is 5.91 Å². The Balaban J connectivity index is 1.69. The van der Waals surface area contributed by atoms with Gasteiger partial charge in [-0.1, -0.05) is 0 Å². The number of hydrogen-bond acceptors (Lipinski definition) is 5. The lowest BCUT2D eigenvalue weighted by Gasteiger charge is -2.34. The summed E-state index contributed by atoms with van der Waals surface area (Å²) < 4.78 is 38.5. The Morgan fingerprint density at radius 3 is 2.39 bits per heavy atom. The molecule has 1 amide bonds. The molecule has 1 fully saturated rings. The fourth-order valence-electron chi connectivity index (χ4n) is 2.40. The van der Waals surface area contributed by atoms with Crippen LogP contribution in [0.25, 0.3) is 0 Å². The van der Waals surface area contributed by atoms with Gasteiger partial charge in [0.15, 0.2) is 5.69 Å². The first kappa shape index (κ1) is 15.3. The van der Waals surface area contributed by atoms with E-state index >= 15 is 0 Å². The Bertz CT molecular complexity index is 679. The fraction of sp³-hybridized carbons (Fsp3) is 0.385. The Morgan fingerprint density at radius 2 is 1.78 bits per heavy atom. The predicted molar refractivity (Wildman–Crippen MR) is 73.7 cm³/mol. The number of aromatic nitrogens is 4. The molecule has 0 spiro atoms. The number of H-pyrrole nitrogens is 1. The van der Waals surface area contributed by atoms with Crippen molar-refractivity contribution in [2.75, 3.05) is 31.1 Å². The van der Waals surface area contributed by atoms with E-state index in [1.165, 1.54) is 4.90 Å². The lowest BCUT2D eigenvalue weighted by atomic mass is 10.2. The van der Waals surface area contributed by atoms with Gasteiger partial charge in [-0.3, -0.25) is 9.89 Å². The SMILES string of the molecule is O=C(c1cn[nH]c1C(F)(F)F)N1CCN(c2ncccn2)CC1. The summed E-state index contributed by atoms with van der Waals surface area (Å²) in [6.07, 6.45) is -0.499. The summed E-state index contributed by atoms with van der Waals surface area (Å²) in [6.45, 7) is 1.49. The van der Waals surface area contributed by atoms with E-state index in [0.717, 1.165) is 6.20 Å². The molecule has 0 atom stereocenters. The molecule has 3 rings (SSSR count). The van der Waals surface area contributed by atoms with E-state index < -0.39 is 23.3 Å². The van der Waals surface area contributed by atoms with Crippen LogP contribution in [0.15, 0.2) is 24.7 Å². The third-order valence-corrected chi connectivity index (χ3v) is 3.56. The molecule has 0 saturated carbocycles. The number of rotatable bonds is 2. The highest BCUT2D eigenvalue weighted by Gasteiger charge is 2.39. The lowest BCUT2D eigenvalue weighted by molar-refractivity contribution is -0.141. The minimum atomic E-state index is -4.64. The van der Waals surface area contributed by atoms with Crippen molar-refractivity contribution in [1.29, 1.82) is 0 Å². The number of aromatic amines is 1. The highest BCUT2D eigenvalue weighted by Crippen LogP contribution is 2.30. The average molecular weight is 326 g/mol. The zero-order valence-electron chi connectivity index (χ0n) is 11.9. The van der Waals surface area contributed by atoms with Crippen molar-refractivity contribution in [3.63, 3.8) is 0 Å². The molecule has 23 heavy (non-hydrogen) atoms. The number of halogens is 3. The van der Waals surface area contributed by atoms with E-state index in [-0.39, 0.29) is 0 Å². The zero-order chi connectivity index (χ0) is 16.4. The van der Waals surface area contributed by atoms with Crippen molar-refractivity contribution < 1.29 is 18.0 Å². The summed E-state index contributed by atoms with van der Waals surface area (Å²) in [4.78, 5) is 23.8. The van der Waals surface area contributed by atoms with Crippen LogP contribution in [0, 0.1) is 0 Å². The molecule has 0 aliphatic carbocycles. The molecule has 7 nitrogen and oxygen atoms in total. The maximum atomic E-state index is 12.8. The van der Waals surface area contributed by atoms with Gasteiger partial charge >= 0.3 is 6.18 Å². The van der Waals surface area contributed by atoms with Crippen LogP contribution in [0.3, 0.4) is 0 Å². The molecule has 1 aliphatic rings. The van der Waals surface area contributed by atoms with Gasteiger partial charge in [-0.25, -0.2) is 9.97 Å². The predicted octanol–water partition coefficient (Wildman–Crippen LogP) is 1.18. The molecule has 1 N–H and O–H groups in total. The molecular weight excluding hydrogens is 313 g/mol. The maximum absolute atomic E-state index is 12.8. The Labute approximate surface area is 129 Å². The van der Waals surface area contributed by atoms with E-state index in [1.54, 1.807) is 18.5 Å². The normalized spacial score (nSPS) is 15.8. The van der Waals surface area contributed by atoms with E-state index in [0.29, 0.717) is 32.1 Å². The van der Waals surface area contributed by atoms with Crippen molar-refractivity contribution in [2.45, 2.75) is 6.18 Å². The molecule has 0 bridgehead atoms. The van der Waals surface area contributed by atoms with Crippen LogP contribution in [-0.4, -0.2) is 57.2 Å². The van der Waals surface area contributed by atoms with E-state index in [2.05, 4.69) is 15.1 Å². The largest absolute Gasteiger partial charge is 0.433 e. The topological polar surface area (TPSA) is 78.0 Å². The minimum absolute atomic E-state index is 0.291. The first-order valence-corrected chi connectivity index (χ1v) is 6.88. The number of carbonyl (C=O) groups excluding carboxylic acids is 1. The summed E-state index contributed by atoms with van der Waals surface area (Å²) in [7, 11) is 0. The number of nitrogens with one attached hydrogen (secondary N) is 1. The summed E-state index contributed by atoms with van der Waals surface area (Å²) in [5.74, 6) is -0.140. The highest BCUT2D eigenvalue weighted by atomic mass is 19.4. The molecule has 0 unspecified atom stereocenters. The van der Waals surface area contributed by atoms with Gasteiger partial charge in [0, 0.05) is 38.6 Å². The van der Waals surface area contributed by atoms with Crippen molar-refractivity contribution in [1.82, 2.24) is 25.1 Å². The molecule has 10 heteroatoms.